The highest BCUT2D eigenvalue weighted by Gasteiger charge is 2.18. The van der Waals surface area contributed by atoms with E-state index < -0.39 is 16.0 Å². The van der Waals surface area contributed by atoms with Crippen LogP contribution in [-0.2, 0) is 14.8 Å². The summed E-state index contributed by atoms with van der Waals surface area (Å²) in [6, 6.07) is 5.58. The number of esters is 1. The van der Waals surface area contributed by atoms with Crippen LogP contribution in [0.1, 0.15) is 17.3 Å². The van der Waals surface area contributed by atoms with Gasteiger partial charge in [-0.1, -0.05) is 36.1 Å². The van der Waals surface area contributed by atoms with Gasteiger partial charge in [-0.05, 0) is 24.0 Å². The number of nitrogens with zero attached hydrogens (tertiary/aromatic N) is 2. The topological polar surface area (TPSA) is 98.3 Å². The van der Waals surface area contributed by atoms with Gasteiger partial charge >= 0.3 is 5.97 Å². The summed E-state index contributed by atoms with van der Waals surface area (Å²) < 4.78 is 32.2. The van der Waals surface area contributed by atoms with Gasteiger partial charge in [0.1, 0.15) is 0 Å². The molecule has 0 radical (unpaired) electrons. The predicted octanol–water partition coefficient (Wildman–Crippen LogP) is 2.24. The van der Waals surface area contributed by atoms with Crippen LogP contribution in [0, 0.1) is 0 Å². The standard InChI is InChI=1S/C12H13N3O4S3/c1-3-20-12-14-13-11(21-12)15-22(17,18)9-6-4-5-8(7-9)10(16)19-2/h4-7H,3H2,1-2H3,(H,13,15). The lowest BCUT2D eigenvalue weighted by molar-refractivity contribution is 0.0600. The molecule has 0 fully saturated rings. The number of aromatic nitrogens is 2. The molecule has 1 heterocycles. The van der Waals surface area contributed by atoms with Gasteiger partial charge < -0.3 is 4.74 Å². The Labute approximate surface area is 136 Å². The Hall–Kier alpha value is -1.65. The van der Waals surface area contributed by atoms with Crippen molar-refractivity contribution < 1.29 is 17.9 Å². The van der Waals surface area contributed by atoms with Crippen molar-refractivity contribution in [3.05, 3.63) is 29.8 Å². The molecule has 0 saturated heterocycles. The Balaban J connectivity index is 2.24. The number of hydrogen-bond acceptors (Lipinski definition) is 8. The van der Waals surface area contributed by atoms with Gasteiger partial charge in [-0.25, -0.2) is 13.2 Å². The summed E-state index contributed by atoms with van der Waals surface area (Å²) in [5.74, 6) is 0.220. The summed E-state index contributed by atoms with van der Waals surface area (Å²) in [4.78, 5) is 11.4. The zero-order valence-corrected chi connectivity index (χ0v) is 14.2. The number of nitrogens with one attached hydrogen (secondary N) is 1. The Kier molecular flexibility index (Phi) is 5.37. The van der Waals surface area contributed by atoms with Crippen molar-refractivity contribution in [2.45, 2.75) is 16.2 Å². The van der Waals surface area contributed by atoms with E-state index in [2.05, 4.69) is 19.7 Å². The molecule has 0 aliphatic heterocycles. The van der Waals surface area contributed by atoms with E-state index in [0.717, 1.165) is 17.1 Å². The number of ether oxygens (including phenoxy) is 1. The van der Waals surface area contributed by atoms with E-state index in [1.165, 1.54) is 43.1 Å². The molecule has 0 amide bonds. The van der Waals surface area contributed by atoms with Crippen molar-refractivity contribution in [1.29, 1.82) is 0 Å². The third kappa shape index (κ3) is 3.96. The molecule has 7 nitrogen and oxygen atoms in total. The van der Waals surface area contributed by atoms with E-state index >= 15 is 0 Å². The third-order valence-electron chi connectivity index (χ3n) is 2.46. The molecule has 10 heteroatoms. The number of hydrogen-bond donors (Lipinski definition) is 1. The van der Waals surface area contributed by atoms with Gasteiger partial charge in [-0.3, -0.25) is 4.72 Å². The lowest BCUT2D eigenvalue weighted by atomic mass is 10.2. The van der Waals surface area contributed by atoms with Gasteiger partial charge in [0, 0.05) is 0 Å². The predicted molar refractivity (Wildman–Crippen MR) is 84.9 cm³/mol. The highest BCUT2D eigenvalue weighted by atomic mass is 32.2. The average Bonchev–Trinajstić information content (AvgIpc) is 2.93. The normalized spacial score (nSPS) is 11.2. The van der Waals surface area contributed by atoms with Crippen LogP contribution in [0.5, 0.6) is 0 Å². The summed E-state index contributed by atoms with van der Waals surface area (Å²) in [6.07, 6.45) is 0. The Morgan fingerprint density at radius 1 is 1.41 bits per heavy atom. The van der Waals surface area contributed by atoms with E-state index in [9.17, 15) is 13.2 Å². The maximum absolute atomic E-state index is 12.3. The van der Waals surface area contributed by atoms with Crippen LogP contribution in [-0.4, -0.2) is 37.4 Å². The van der Waals surface area contributed by atoms with E-state index in [1.54, 1.807) is 0 Å². The van der Waals surface area contributed by atoms with Gasteiger partial charge in [-0.15, -0.1) is 10.2 Å². The minimum Gasteiger partial charge on any atom is -0.465 e. The minimum atomic E-state index is -3.84. The molecule has 1 aromatic heterocycles. The first-order valence-electron chi connectivity index (χ1n) is 6.13. The van der Waals surface area contributed by atoms with Crippen molar-refractivity contribution in [3.63, 3.8) is 0 Å². The van der Waals surface area contributed by atoms with Crippen LogP contribution >= 0.6 is 23.1 Å². The SMILES string of the molecule is CCSc1nnc(NS(=O)(=O)c2cccc(C(=O)OC)c2)s1. The van der Waals surface area contributed by atoms with Crippen molar-refractivity contribution in [2.24, 2.45) is 0 Å². The number of sulfonamides is 1. The Bertz CT molecular complexity index is 773. The fraction of sp³-hybridized carbons (Fsp3) is 0.250. The number of benzene rings is 1. The number of carbonyl (C=O) groups excluding carboxylic acids is 1. The molecule has 0 spiro atoms. The molecule has 2 rings (SSSR count). The quantitative estimate of drug-likeness (QED) is 0.624. The Morgan fingerprint density at radius 3 is 2.86 bits per heavy atom. The lowest BCUT2D eigenvalue weighted by Gasteiger charge is -2.06. The van der Waals surface area contributed by atoms with Crippen LogP contribution in [0.3, 0.4) is 0 Å². The second kappa shape index (κ2) is 7.07. The first kappa shape index (κ1) is 16.7. The van der Waals surface area contributed by atoms with E-state index in [1.807, 2.05) is 6.92 Å². The summed E-state index contributed by atoms with van der Waals surface area (Å²) in [6.45, 7) is 1.97. The summed E-state index contributed by atoms with van der Waals surface area (Å²) in [7, 11) is -2.61. The molecule has 0 unspecified atom stereocenters. The van der Waals surface area contributed by atoms with Gasteiger partial charge in [0.05, 0.1) is 17.6 Å². The molecule has 118 valence electrons. The largest absolute Gasteiger partial charge is 0.465 e. The van der Waals surface area contributed by atoms with Gasteiger partial charge in [0.2, 0.25) is 5.13 Å². The molecule has 1 aromatic carbocycles. The van der Waals surface area contributed by atoms with Crippen molar-refractivity contribution in [1.82, 2.24) is 10.2 Å². The molecular formula is C12H13N3O4S3. The van der Waals surface area contributed by atoms with Crippen LogP contribution in [0.25, 0.3) is 0 Å². The molecule has 2 aromatic rings. The number of methoxy groups -OCH3 is 1. The van der Waals surface area contributed by atoms with Crippen LogP contribution < -0.4 is 4.72 Å². The molecule has 1 N–H and O–H groups in total. The maximum atomic E-state index is 12.3. The average molecular weight is 359 g/mol. The van der Waals surface area contributed by atoms with Crippen molar-refractivity contribution >= 4 is 44.2 Å². The molecule has 22 heavy (non-hydrogen) atoms. The van der Waals surface area contributed by atoms with E-state index in [-0.39, 0.29) is 15.6 Å². The smallest absolute Gasteiger partial charge is 0.337 e. The molecule has 0 aliphatic rings. The van der Waals surface area contributed by atoms with E-state index in [0.29, 0.717) is 4.34 Å². The lowest BCUT2D eigenvalue weighted by Crippen LogP contribution is -2.13. The van der Waals surface area contributed by atoms with Crippen LogP contribution in [0.15, 0.2) is 33.5 Å². The zero-order chi connectivity index (χ0) is 16.2. The second-order valence-corrected chi connectivity index (χ2v) is 8.10. The van der Waals surface area contributed by atoms with Gasteiger partial charge in [0.25, 0.3) is 10.0 Å². The van der Waals surface area contributed by atoms with Crippen molar-refractivity contribution in [2.75, 3.05) is 17.6 Å². The monoisotopic (exact) mass is 359 g/mol. The first-order valence-corrected chi connectivity index (χ1v) is 9.42. The molecule has 0 aliphatic carbocycles. The summed E-state index contributed by atoms with van der Waals surface area (Å²) >= 11 is 2.63. The first-order chi connectivity index (χ1) is 10.5. The fourth-order valence-electron chi connectivity index (χ4n) is 1.51. The van der Waals surface area contributed by atoms with E-state index in [4.69, 9.17) is 0 Å². The summed E-state index contributed by atoms with van der Waals surface area (Å²) in [5, 5.41) is 7.84. The van der Waals surface area contributed by atoms with Gasteiger partial charge in [-0.2, -0.15) is 0 Å². The highest BCUT2D eigenvalue weighted by molar-refractivity contribution is 8.01. The minimum absolute atomic E-state index is 0.0460. The maximum Gasteiger partial charge on any atom is 0.337 e. The third-order valence-corrected chi connectivity index (χ3v) is 5.78. The molecular weight excluding hydrogens is 346 g/mol. The number of carbonyl (C=O) groups is 1. The fourth-order valence-corrected chi connectivity index (χ4v) is 4.44. The highest BCUT2D eigenvalue weighted by Crippen LogP contribution is 2.26. The van der Waals surface area contributed by atoms with Crippen LogP contribution in [0.2, 0.25) is 0 Å². The molecule has 0 bridgehead atoms. The molecule has 0 saturated carbocycles. The summed E-state index contributed by atoms with van der Waals surface area (Å²) in [5.41, 5.74) is 0.157. The second-order valence-electron chi connectivity index (χ2n) is 3.93. The Morgan fingerprint density at radius 2 is 2.18 bits per heavy atom. The molecule has 0 atom stereocenters. The number of thioether (sulfide) groups is 1. The van der Waals surface area contributed by atoms with Crippen molar-refractivity contribution in [3.8, 4) is 0 Å². The number of anilines is 1. The zero-order valence-electron chi connectivity index (χ0n) is 11.8. The van der Waals surface area contributed by atoms with Crippen LogP contribution in [0.4, 0.5) is 5.13 Å². The van der Waals surface area contributed by atoms with Gasteiger partial charge in [0.15, 0.2) is 4.34 Å². The number of rotatable bonds is 6.